The molecule has 1 aliphatic rings. The lowest BCUT2D eigenvalue weighted by Gasteiger charge is -2.21. The Morgan fingerprint density at radius 1 is 1.28 bits per heavy atom. The van der Waals surface area contributed by atoms with Gasteiger partial charge in [0.05, 0.1) is 5.52 Å². The number of benzene rings is 1. The third-order valence-electron chi connectivity index (χ3n) is 3.71. The van der Waals surface area contributed by atoms with E-state index in [1.807, 2.05) is 0 Å². The Balaban J connectivity index is 1.96. The minimum atomic E-state index is -0.896. The summed E-state index contributed by atoms with van der Waals surface area (Å²) in [6, 6.07) is 2.61. The smallest absolute Gasteiger partial charge is 0.186 e. The second kappa shape index (κ2) is 4.02. The van der Waals surface area contributed by atoms with Crippen LogP contribution in [0.3, 0.4) is 0 Å². The fourth-order valence-corrected chi connectivity index (χ4v) is 2.74. The summed E-state index contributed by atoms with van der Waals surface area (Å²) in [5, 5.41) is 0. The van der Waals surface area contributed by atoms with Crippen molar-refractivity contribution in [2.75, 3.05) is 0 Å². The van der Waals surface area contributed by atoms with E-state index in [4.69, 9.17) is 5.73 Å². The van der Waals surface area contributed by atoms with Crippen molar-refractivity contribution in [3.05, 3.63) is 29.6 Å². The minimum Gasteiger partial charge on any atom is -0.342 e. The van der Waals surface area contributed by atoms with E-state index in [9.17, 15) is 8.78 Å². The monoisotopic (exact) mass is 251 g/mol. The van der Waals surface area contributed by atoms with E-state index in [-0.39, 0.29) is 11.1 Å². The molecule has 0 aliphatic heterocycles. The maximum atomic E-state index is 13.5. The molecule has 1 saturated carbocycles. The maximum absolute atomic E-state index is 13.5. The number of nitrogens with one attached hydrogen (secondary N) is 1. The average molecular weight is 251 g/mol. The van der Waals surface area contributed by atoms with Crippen LogP contribution >= 0.6 is 0 Å². The van der Waals surface area contributed by atoms with Crippen molar-refractivity contribution in [3.63, 3.8) is 0 Å². The van der Waals surface area contributed by atoms with Gasteiger partial charge in [-0.05, 0) is 25.0 Å². The molecule has 1 aromatic heterocycles. The van der Waals surface area contributed by atoms with Gasteiger partial charge in [-0.15, -0.1) is 0 Å². The number of H-pyrrole nitrogens is 1. The molecule has 0 saturated heterocycles. The predicted molar refractivity (Wildman–Crippen MR) is 65.1 cm³/mol. The molecule has 0 amide bonds. The van der Waals surface area contributed by atoms with Crippen molar-refractivity contribution < 1.29 is 8.78 Å². The third-order valence-corrected chi connectivity index (χ3v) is 3.71. The molecular weight excluding hydrogens is 236 g/mol. The van der Waals surface area contributed by atoms with Crippen LogP contribution in [0, 0.1) is 11.6 Å². The molecule has 2 aromatic rings. The zero-order valence-corrected chi connectivity index (χ0v) is 9.97. The van der Waals surface area contributed by atoms with Gasteiger partial charge in [-0.25, -0.2) is 13.8 Å². The highest BCUT2D eigenvalue weighted by molar-refractivity contribution is 5.75. The highest BCUT2D eigenvalue weighted by Crippen LogP contribution is 2.30. The van der Waals surface area contributed by atoms with Crippen LogP contribution in [0.25, 0.3) is 11.0 Å². The summed E-state index contributed by atoms with van der Waals surface area (Å²) in [6.45, 7) is 0. The van der Waals surface area contributed by atoms with Gasteiger partial charge in [-0.1, -0.05) is 12.8 Å². The van der Waals surface area contributed by atoms with Gasteiger partial charge in [-0.2, -0.15) is 0 Å². The topological polar surface area (TPSA) is 54.7 Å². The summed E-state index contributed by atoms with van der Waals surface area (Å²) < 4.78 is 26.6. The molecule has 0 spiro atoms. The van der Waals surface area contributed by atoms with Gasteiger partial charge in [0.15, 0.2) is 11.6 Å². The molecule has 18 heavy (non-hydrogen) atoms. The van der Waals surface area contributed by atoms with Crippen LogP contribution in [0.1, 0.15) is 31.5 Å². The average Bonchev–Trinajstić information content (AvgIpc) is 2.91. The third kappa shape index (κ3) is 1.88. The molecule has 0 unspecified atom stereocenters. The van der Waals surface area contributed by atoms with Crippen LogP contribution in [0.4, 0.5) is 8.78 Å². The highest BCUT2D eigenvalue weighted by Gasteiger charge is 2.30. The Morgan fingerprint density at radius 3 is 2.72 bits per heavy atom. The largest absolute Gasteiger partial charge is 0.342 e. The Labute approximate surface area is 103 Å². The Morgan fingerprint density at radius 2 is 2.00 bits per heavy atom. The first-order valence-corrected chi connectivity index (χ1v) is 6.19. The van der Waals surface area contributed by atoms with E-state index in [2.05, 4.69) is 9.97 Å². The SMILES string of the molecule is NC1(Cc2nc3c(F)c(F)ccc3[nH]2)CCCC1. The van der Waals surface area contributed by atoms with Crippen LogP contribution in [-0.2, 0) is 6.42 Å². The van der Waals surface area contributed by atoms with Gasteiger partial charge in [-0.3, -0.25) is 0 Å². The fraction of sp³-hybridized carbons (Fsp3) is 0.462. The molecule has 1 aliphatic carbocycles. The molecule has 1 heterocycles. The molecule has 1 fully saturated rings. The van der Waals surface area contributed by atoms with Gasteiger partial charge < -0.3 is 10.7 Å². The quantitative estimate of drug-likeness (QED) is 0.862. The zero-order chi connectivity index (χ0) is 12.8. The number of hydrogen-bond donors (Lipinski definition) is 2. The summed E-state index contributed by atoms with van der Waals surface area (Å²) in [4.78, 5) is 7.15. The number of nitrogens with two attached hydrogens (primary N) is 1. The molecule has 0 atom stereocenters. The lowest BCUT2D eigenvalue weighted by molar-refractivity contribution is 0.428. The number of nitrogens with zero attached hydrogens (tertiary/aromatic N) is 1. The number of imidazole rings is 1. The van der Waals surface area contributed by atoms with Crippen molar-refractivity contribution in [2.24, 2.45) is 5.73 Å². The summed E-state index contributed by atoms with van der Waals surface area (Å²) in [5.74, 6) is -1.13. The van der Waals surface area contributed by atoms with E-state index in [1.54, 1.807) is 0 Å². The molecule has 3 nitrogen and oxygen atoms in total. The number of aromatic amines is 1. The van der Waals surface area contributed by atoms with Crippen molar-refractivity contribution in [3.8, 4) is 0 Å². The van der Waals surface area contributed by atoms with Gasteiger partial charge >= 0.3 is 0 Å². The number of halogens is 2. The first-order chi connectivity index (χ1) is 8.57. The molecule has 5 heteroatoms. The van der Waals surface area contributed by atoms with Crippen LogP contribution in [-0.4, -0.2) is 15.5 Å². The summed E-state index contributed by atoms with van der Waals surface area (Å²) in [5.41, 5.74) is 6.59. The second-order valence-corrected chi connectivity index (χ2v) is 5.19. The lowest BCUT2D eigenvalue weighted by Crippen LogP contribution is -2.39. The van der Waals surface area contributed by atoms with Crippen molar-refractivity contribution in [1.29, 1.82) is 0 Å². The van der Waals surface area contributed by atoms with Gasteiger partial charge in [0, 0.05) is 12.0 Å². The van der Waals surface area contributed by atoms with Gasteiger partial charge in [0.2, 0.25) is 0 Å². The molecule has 3 rings (SSSR count). The lowest BCUT2D eigenvalue weighted by atomic mass is 9.94. The van der Waals surface area contributed by atoms with E-state index < -0.39 is 11.6 Å². The molecule has 3 N–H and O–H groups in total. The van der Waals surface area contributed by atoms with Crippen LogP contribution in [0.2, 0.25) is 0 Å². The molecular formula is C13H15F2N3. The van der Waals surface area contributed by atoms with Crippen LogP contribution in [0.15, 0.2) is 12.1 Å². The first-order valence-electron chi connectivity index (χ1n) is 6.19. The van der Waals surface area contributed by atoms with E-state index in [0.717, 1.165) is 31.7 Å². The van der Waals surface area contributed by atoms with E-state index in [1.165, 1.54) is 6.07 Å². The van der Waals surface area contributed by atoms with Crippen LogP contribution < -0.4 is 5.73 Å². The summed E-state index contributed by atoms with van der Waals surface area (Å²) in [6.07, 6.45) is 4.75. The molecule has 96 valence electrons. The van der Waals surface area contributed by atoms with E-state index >= 15 is 0 Å². The van der Waals surface area contributed by atoms with Crippen molar-refractivity contribution in [2.45, 2.75) is 37.6 Å². The van der Waals surface area contributed by atoms with Crippen molar-refractivity contribution >= 4 is 11.0 Å². The number of rotatable bonds is 2. The van der Waals surface area contributed by atoms with E-state index in [0.29, 0.717) is 17.8 Å². The predicted octanol–water partition coefficient (Wildman–Crippen LogP) is 2.66. The Bertz CT molecular complexity index is 585. The van der Waals surface area contributed by atoms with Gasteiger partial charge in [0.25, 0.3) is 0 Å². The van der Waals surface area contributed by atoms with Crippen molar-refractivity contribution in [1.82, 2.24) is 9.97 Å². The van der Waals surface area contributed by atoms with Crippen LogP contribution in [0.5, 0.6) is 0 Å². The summed E-state index contributed by atoms with van der Waals surface area (Å²) in [7, 11) is 0. The number of aromatic nitrogens is 2. The fourth-order valence-electron chi connectivity index (χ4n) is 2.74. The minimum absolute atomic E-state index is 0.0617. The Hall–Kier alpha value is -1.49. The molecule has 1 aromatic carbocycles. The molecule has 0 bridgehead atoms. The zero-order valence-electron chi connectivity index (χ0n) is 9.97. The molecule has 0 radical (unpaired) electrons. The second-order valence-electron chi connectivity index (χ2n) is 5.19. The number of hydrogen-bond acceptors (Lipinski definition) is 2. The Kier molecular flexibility index (Phi) is 2.59. The summed E-state index contributed by atoms with van der Waals surface area (Å²) >= 11 is 0. The standard InChI is InChI=1S/C13H15F2N3/c14-8-3-4-9-12(11(8)15)18-10(17-9)7-13(16)5-1-2-6-13/h3-4H,1-2,5-7,16H2,(H,17,18). The highest BCUT2D eigenvalue weighted by atomic mass is 19.2. The maximum Gasteiger partial charge on any atom is 0.186 e. The normalized spacial score (nSPS) is 18.6. The van der Waals surface area contributed by atoms with Gasteiger partial charge in [0.1, 0.15) is 11.3 Å². The number of fused-ring (bicyclic) bond motifs is 1. The first kappa shape index (κ1) is 11.6.